The summed E-state index contributed by atoms with van der Waals surface area (Å²) >= 11 is 0. The van der Waals surface area contributed by atoms with Crippen LogP contribution in [0.4, 0.5) is 9.59 Å². The van der Waals surface area contributed by atoms with E-state index in [0.717, 1.165) is 34.2 Å². The maximum absolute atomic E-state index is 14.1. The lowest BCUT2D eigenvalue weighted by Crippen LogP contribution is -2.58. The van der Waals surface area contributed by atoms with Crippen molar-refractivity contribution in [3.05, 3.63) is 101 Å². The number of phenols is 1. The maximum atomic E-state index is 14.1. The number of rotatable bonds is 15. The molecule has 4 amide bonds. The van der Waals surface area contributed by atoms with Crippen LogP contribution < -0.4 is 16.4 Å². The van der Waals surface area contributed by atoms with E-state index in [1.54, 1.807) is 12.1 Å². The Kier molecular flexibility index (Phi) is 14.2. The van der Waals surface area contributed by atoms with Gasteiger partial charge in [0.1, 0.15) is 18.4 Å². The molecule has 0 fully saturated rings. The number of hydrogen-bond donors (Lipinski definition) is 4. The van der Waals surface area contributed by atoms with Gasteiger partial charge < -0.3 is 30.5 Å². The van der Waals surface area contributed by atoms with Gasteiger partial charge in [-0.2, -0.15) is 0 Å². The molecule has 3 aromatic carbocycles. The molecule has 3 rings (SSSR count). The third-order valence-corrected chi connectivity index (χ3v) is 7.79. The first kappa shape index (κ1) is 36.6. The Morgan fingerprint density at radius 2 is 1.47 bits per heavy atom. The maximum Gasteiger partial charge on any atom is 0.413 e. The molecule has 0 aliphatic carbocycles. The molecule has 0 saturated heterocycles. The molecule has 0 spiro atoms. The molecule has 0 aliphatic rings. The van der Waals surface area contributed by atoms with Crippen LogP contribution in [0.2, 0.25) is 0 Å². The third kappa shape index (κ3) is 11.8. The van der Waals surface area contributed by atoms with E-state index in [1.165, 1.54) is 11.8 Å². The second-order valence-electron chi connectivity index (χ2n) is 11.6. The van der Waals surface area contributed by atoms with Gasteiger partial charge in [-0.25, -0.2) is 9.59 Å². The largest absolute Gasteiger partial charge is 0.508 e. The van der Waals surface area contributed by atoms with Gasteiger partial charge in [-0.3, -0.25) is 14.9 Å². The number of nitrogens with two attached hydrogens (primary N) is 1. The van der Waals surface area contributed by atoms with Crippen molar-refractivity contribution < 1.29 is 33.8 Å². The van der Waals surface area contributed by atoms with Gasteiger partial charge in [0.2, 0.25) is 5.91 Å². The van der Waals surface area contributed by atoms with Crippen LogP contribution in [0.15, 0.2) is 72.8 Å². The average Bonchev–Trinajstić information content (AvgIpc) is 3.04. The Morgan fingerprint density at radius 3 is 2.06 bits per heavy atom. The van der Waals surface area contributed by atoms with E-state index in [0.29, 0.717) is 12.8 Å². The van der Waals surface area contributed by atoms with E-state index in [2.05, 4.69) is 10.6 Å². The van der Waals surface area contributed by atoms with Gasteiger partial charge in [-0.05, 0) is 80.0 Å². The number of unbranched alkanes of at least 4 members (excludes halogenated alkanes) is 1. The predicted molar refractivity (Wildman–Crippen MR) is 179 cm³/mol. The van der Waals surface area contributed by atoms with Crippen LogP contribution in [0, 0.1) is 13.8 Å². The number of imide groups is 1. The Bertz CT molecular complexity index is 1460. The molecule has 11 nitrogen and oxygen atoms in total. The van der Waals surface area contributed by atoms with Gasteiger partial charge in [0.15, 0.2) is 0 Å². The minimum absolute atomic E-state index is 0.0442. The summed E-state index contributed by atoms with van der Waals surface area (Å²) < 4.78 is 10.6. The molecule has 0 saturated carbocycles. The van der Waals surface area contributed by atoms with Crippen molar-refractivity contribution in [2.75, 3.05) is 13.2 Å². The highest BCUT2D eigenvalue weighted by Crippen LogP contribution is 2.22. The number of hydrogen-bond acceptors (Lipinski definition) is 8. The minimum atomic E-state index is -1.16. The lowest BCUT2D eigenvalue weighted by Gasteiger charge is -2.34. The lowest BCUT2D eigenvalue weighted by atomic mass is 9.95. The summed E-state index contributed by atoms with van der Waals surface area (Å²) in [7, 11) is 0. The number of aryl methyl sites for hydroxylation is 2. The van der Waals surface area contributed by atoms with Crippen LogP contribution >= 0.6 is 0 Å². The summed E-state index contributed by atoms with van der Waals surface area (Å²) in [6, 6.07) is 18.9. The first-order valence-electron chi connectivity index (χ1n) is 15.8. The molecule has 5 N–H and O–H groups in total. The quantitative estimate of drug-likeness (QED) is 0.173. The standard InChI is InChI=1S/C36H46N4O7/c1-5-6-17-46-36(45)39-33(42)26(4)40(34(43)32(37)21-31-24(2)18-30(41)19-25(31)3)22-29(20-27-13-9-7-10-14-27)38-35(44)47-23-28-15-11-8-12-16-28/h7-16,18-19,26,29,32,41H,5-6,17,20-23,37H2,1-4H3,(H,38,44)(H,39,42,45)/t26-,29-,32+/m1/s1. The van der Waals surface area contributed by atoms with Crippen LogP contribution in [0.25, 0.3) is 0 Å². The van der Waals surface area contributed by atoms with Gasteiger partial charge in [0.25, 0.3) is 5.91 Å². The van der Waals surface area contributed by atoms with Crippen molar-refractivity contribution in [3.63, 3.8) is 0 Å². The molecule has 0 aliphatic heterocycles. The number of nitrogens with one attached hydrogen (secondary N) is 2. The number of aromatic hydroxyl groups is 1. The highest BCUT2D eigenvalue weighted by atomic mass is 16.6. The molecule has 0 bridgehead atoms. The predicted octanol–water partition coefficient (Wildman–Crippen LogP) is 4.69. The topological polar surface area (TPSA) is 160 Å². The van der Waals surface area contributed by atoms with Crippen LogP contribution in [-0.2, 0) is 38.5 Å². The molecular weight excluding hydrogens is 600 g/mol. The fraction of sp³-hybridized carbons (Fsp3) is 0.389. The SMILES string of the molecule is CCCCOC(=O)NC(=O)[C@@H](C)N(C[C@@H](Cc1ccccc1)NC(=O)OCc1ccccc1)C(=O)[C@@H](N)Cc1c(C)cc(O)cc1C. The Morgan fingerprint density at radius 1 is 0.872 bits per heavy atom. The lowest BCUT2D eigenvalue weighted by molar-refractivity contribution is -0.141. The third-order valence-electron chi connectivity index (χ3n) is 7.79. The number of carbonyl (C=O) groups is 4. The molecule has 47 heavy (non-hydrogen) atoms. The first-order valence-corrected chi connectivity index (χ1v) is 15.8. The number of phenolic OH excluding ortho intramolecular Hbond substituents is 1. The zero-order valence-corrected chi connectivity index (χ0v) is 27.5. The molecule has 3 aromatic rings. The van der Waals surface area contributed by atoms with Crippen molar-refractivity contribution in [1.82, 2.24) is 15.5 Å². The normalized spacial score (nSPS) is 12.7. The van der Waals surface area contributed by atoms with Crippen LogP contribution in [0.5, 0.6) is 5.75 Å². The number of carbonyl (C=O) groups excluding carboxylic acids is 4. The summed E-state index contributed by atoms with van der Waals surface area (Å²) in [5, 5.41) is 15.1. The van der Waals surface area contributed by atoms with E-state index in [1.807, 2.05) is 81.4 Å². The average molecular weight is 647 g/mol. The second-order valence-corrected chi connectivity index (χ2v) is 11.6. The highest BCUT2D eigenvalue weighted by Gasteiger charge is 2.33. The molecule has 0 unspecified atom stereocenters. The van der Waals surface area contributed by atoms with Gasteiger partial charge in [0.05, 0.1) is 18.7 Å². The zero-order valence-electron chi connectivity index (χ0n) is 27.5. The molecule has 0 heterocycles. The molecule has 252 valence electrons. The van der Waals surface area contributed by atoms with Gasteiger partial charge in [-0.15, -0.1) is 0 Å². The molecular formula is C36H46N4O7. The van der Waals surface area contributed by atoms with Crippen LogP contribution in [0.3, 0.4) is 0 Å². The van der Waals surface area contributed by atoms with Crippen LogP contribution in [-0.4, -0.2) is 65.3 Å². The minimum Gasteiger partial charge on any atom is -0.508 e. The summed E-state index contributed by atoms with van der Waals surface area (Å²) in [5.74, 6) is -1.21. The van der Waals surface area contributed by atoms with E-state index in [9.17, 15) is 24.3 Å². The van der Waals surface area contributed by atoms with Crippen molar-refractivity contribution in [3.8, 4) is 5.75 Å². The highest BCUT2D eigenvalue weighted by molar-refractivity contribution is 5.97. The van der Waals surface area contributed by atoms with Crippen molar-refractivity contribution in [2.45, 2.75) is 78.1 Å². The Hall–Kier alpha value is -4.90. The zero-order chi connectivity index (χ0) is 34.3. The fourth-order valence-corrected chi connectivity index (χ4v) is 5.17. The van der Waals surface area contributed by atoms with Crippen molar-refractivity contribution in [2.24, 2.45) is 5.73 Å². The van der Waals surface area contributed by atoms with Gasteiger partial charge in [-0.1, -0.05) is 74.0 Å². The van der Waals surface area contributed by atoms with Gasteiger partial charge in [0, 0.05) is 6.54 Å². The van der Waals surface area contributed by atoms with E-state index in [-0.39, 0.29) is 31.9 Å². The summed E-state index contributed by atoms with van der Waals surface area (Å²) in [5.41, 5.74) is 10.5. The van der Waals surface area contributed by atoms with Crippen molar-refractivity contribution in [1.29, 1.82) is 0 Å². The van der Waals surface area contributed by atoms with Gasteiger partial charge >= 0.3 is 12.2 Å². The molecule has 0 aromatic heterocycles. The van der Waals surface area contributed by atoms with Crippen molar-refractivity contribution >= 4 is 24.0 Å². The first-order chi connectivity index (χ1) is 22.5. The number of alkyl carbamates (subject to hydrolysis) is 2. The molecule has 11 heteroatoms. The van der Waals surface area contributed by atoms with Crippen LogP contribution in [0.1, 0.15) is 54.5 Å². The monoisotopic (exact) mass is 646 g/mol. The smallest absolute Gasteiger partial charge is 0.413 e. The summed E-state index contributed by atoms with van der Waals surface area (Å²) in [6.45, 7) is 7.15. The molecule has 3 atom stereocenters. The number of ether oxygens (including phenoxy) is 2. The Balaban J connectivity index is 1.87. The van der Waals surface area contributed by atoms with E-state index in [4.69, 9.17) is 15.2 Å². The molecule has 0 radical (unpaired) electrons. The fourth-order valence-electron chi connectivity index (χ4n) is 5.17. The Labute approximate surface area is 276 Å². The number of nitrogens with zero attached hydrogens (tertiary/aromatic N) is 1. The number of amides is 4. The van der Waals surface area contributed by atoms with E-state index >= 15 is 0 Å². The van der Waals surface area contributed by atoms with E-state index < -0.39 is 42.1 Å². The number of benzene rings is 3. The second kappa shape index (κ2) is 18.3. The summed E-state index contributed by atoms with van der Waals surface area (Å²) in [4.78, 5) is 54.0. The summed E-state index contributed by atoms with van der Waals surface area (Å²) in [6.07, 6.45) is 0.283.